The van der Waals surface area contributed by atoms with Crippen LogP contribution in [0, 0.1) is 0 Å². The number of nitrogens with zero attached hydrogens (tertiary/aromatic N) is 6. The van der Waals surface area contributed by atoms with Crippen LogP contribution in [0.25, 0.3) is 56.0 Å². The van der Waals surface area contributed by atoms with Gasteiger partial charge in [0.1, 0.15) is 12.0 Å². The summed E-state index contributed by atoms with van der Waals surface area (Å²) in [6.45, 7) is 0. The van der Waals surface area contributed by atoms with Gasteiger partial charge in [0.25, 0.3) is 0 Å². The molecule has 142 valence electrons. The molecule has 0 bridgehead atoms. The van der Waals surface area contributed by atoms with Gasteiger partial charge < -0.3 is 4.98 Å². The molecule has 0 aliphatic rings. The van der Waals surface area contributed by atoms with Gasteiger partial charge in [-0.1, -0.05) is 12.1 Å². The third kappa shape index (κ3) is 2.62. The van der Waals surface area contributed by atoms with Gasteiger partial charge in [0.05, 0.1) is 16.7 Å². The summed E-state index contributed by atoms with van der Waals surface area (Å²) in [7, 11) is 0. The summed E-state index contributed by atoms with van der Waals surface area (Å²) < 4.78 is 0. The number of aromatic amines is 2. The van der Waals surface area contributed by atoms with Gasteiger partial charge in [-0.3, -0.25) is 10.1 Å². The van der Waals surface area contributed by atoms with Crippen LogP contribution in [-0.2, 0) is 0 Å². The molecule has 1 aromatic carbocycles. The highest BCUT2D eigenvalue weighted by Crippen LogP contribution is 2.31. The number of aromatic nitrogens is 8. The SMILES string of the molecule is c1ccc(-c2ccnc3nc(-c4n[nH]c5ccc(-c6cncnc6)cc45)[nH]c23)nc1. The number of hydrogen-bond acceptors (Lipinski definition) is 6. The van der Waals surface area contributed by atoms with Crippen molar-refractivity contribution in [1.29, 1.82) is 0 Å². The summed E-state index contributed by atoms with van der Waals surface area (Å²) in [5, 5.41) is 8.54. The van der Waals surface area contributed by atoms with E-state index in [2.05, 4.69) is 41.2 Å². The van der Waals surface area contributed by atoms with Gasteiger partial charge in [-0.25, -0.2) is 19.9 Å². The van der Waals surface area contributed by atoms with Crippen molar-refractivity contribution in [1.82, 2.24) is 40.1 Å². The van der Waals surface area contributed by atoms with E-state index in [-0.39, 0.29) is 0 Å². The molecule has 6 rings (SSSR count). The topological polar surface area (TPSA) is 109 Å². The zero-order valence-electron chi connectivity index (χ0n) is 15.6. The van der Waals surface area contributed by atoms with Crippen molar-refractivity contribution >= 4 is 22.1 Å². The van der Waals surface area contributed by atoms with E-state index in [9.17, 15) is 0 Å². The first-order valence-corrected chi connectivity index (χ1v) is 9.37. The molecule has 5 aromatic heterocycles. The molecular weight excluding hydrogens is 376 g/mol. The minimum absolute atomic E-state index is 0.622. The van der Waals surface area contributed by atoms with Gasteiger partial charge in [-0.15, -0.1) is 0 Å². The van der Waals surface area contributed by atoms with Crippen molar-refractivity contribution in [3.05, 3.63) is 73.6 Å². The predicted molar refractivity (Wildman–Crippen MR) is 113 cm³/mol. The number of H-pyrrole nitrogens is 2. The van der Waals surface area contributed by atoms with Gasteiger partial charge in [0, 0.05) is 41.3 Å². The zero-order chi connectivity index (χ0) is 19.9. The third-order valence-corrected chi connectivity index (χ3v) is 5.01. The maximum absolute atomic E-state index is 4.69. The van der Waals surface area contributed by atoms with Crippen molar-refractivity contribution in [3.63, 3.8) is 0 Å². The smallest absolute Gasteiger partial charge is 0.178 e. The highest BCUT2D eigenvalue weighted by Gasteiger charge is 2.16. The van der Waals surface area contributed by atoms with Crippen LogP contribution in [0.2, 0.25) is 0 Å². The molecule has 0 amide bonds. The molecule has 0 unspecified atom stereocenters. The Bertz CT molecular complexity index is 1490. The van der Waals surface area contributed by atoms with Crippen molar-refractivity contribution in [2.75, 3.05) is 0 Å². The van der Waals surface area contributed by atoms with Crippen LogP contribution in [0.5, 0.6) is 0 Å². The Morgan fingerprint density at radius 1 is 0.833 bits per heavy atom. The van der Waals surface area contributed by atoms with E-state index >= 15 is 0 Å². The predicted octanol–water partition coefficient (Wildman–Crippen LogP) is 4.02. The Labute approximate surface area is 170 Å². The highest BCUT2D eigenvalue weighted by molar-refractivity contribution is 5.97. The zero-order valence-corrected chi connectivity index (χ0v) is 15.6. The molecule has 0 fully saturated rings. The molecule has 0 aliphatic heterocycles. The molecule has 2 N–H and O–H groups in total. The lowest BCUT2D eigenvalue weighted by molar-refractivity contribution is 1.10. The lowest BCUT2D eigenvalue weighted by Crippen LogP contribution is -1.85. The molecule has 0 atom stereocenters. The Balaban J connectivity index is 1.52. The molecule has 0 spiro atoms. The normalized spacial score (nSPS) is 11.3. The number of fused-ring (bicyclic) bond motifs is 2. The van der Waals surface area contributed by atoms with Crippen molar-refractivity contribution in [3.8, 4) is 33.9 Å². The fourth-order valence-electron chi connectivity index (χ4n) is 3.58. The lowest BCUT2D eigenvalue weighted by atomic mass is 10.1. The van der Waals surface area contributed by atoms with Gasteiger partial charge >= 0.3 is 0 Å². The summed E-state index contributed by atoms with van der Waals surface area (Å²) in [5.74, 6) is 0.647. The average Bonchev–Trinajstić information content (AvgIpc) is 3.43. The van der Waals surface area contributed by atoms with E-state index in [0.29, 0.717) is 11.5 Å². The number of nitrogens with one attached hydrogen (secondary N) is 2. The Kier molecular flexibility index (Phi) is 3.60. The second-order valence-corrected chi connectivity index (χ2v) is 6.82. The molecular formula is C22H14N8. The number of pyridine rings is 2. The molecule has 8 heteroatoms. The molecule has 0 radical (unpaired) electrons. The van der Waals surface area contributed by atoms with Crippen LogP contribution in [0.1, 0.15) is 0 Å². The van der Waals surface area contributed by atoms with Gasteiger partial charge in [-0.05, 0) is 35.9 Å². The Hall–Kier alpha value is -4.46. The average molecular weight is 390 g/mol. The van der Waals surface area contributed by atoms with E-state index < -0.39 is 0 Å². The highest BCUT2D eigenvalue weighted by atomic mass is 15.1. The lowest BCUT2D eigenvalue weighted by Gasteiger charge is -2.01. The first-order valence-electron chi connectivity index (χ1n) is 9.37. The van der Waals surface area contributed by atoms with Crippen molar-refractivity contribution in [2.45, 2.75) is 0 Å². The molecule has 0 saturated carbocycles. The number of hydrogen-bond donors (Lipinski definition) is 2. The van der Waals surface area contributed by atoms with Crippen molar-refractivity contribution < 1.29 is 0 Å². The molecule has 6 aromatic rings. The van der Waals surface area contributed by atoms with Crippen molar-refractivity contribution in [2.24, 2.45) is 0 Å². The molecule has 5 heterocycles. The van der Waals surface area contributed by atoms with Crippen LogP contribution in [0.3, 0.4) is 0 Å². The van der Waals surface area contributed by atoms with E-state index in [4.69, 9.17) is 4.98 Å². The first-order chi connectivity index (χ1) is 14.9. The van der Waals surface area contributed by atoms with Crippen LogP contribution in [-0.4, -0.2) is 40.1 Å². The minimum Gasteiger partial charge on any atom is -0.335 e. The standard InChI is InChI=1S/C22H14N8/c1-2-7-25-17(3-1)15-6-8-26-21-19(15)27-22(28-21)20-16-9-13(4-5-18(16)29-30-20)14-10-23-12-24-11-14/h1-12H,(H,29,30)(H,26,27,28). The quantitative estimate of drug-likeness (QED) is 0.472. The second-order valence-electron chi connectivity index (χ2n) is 6.82. The van der Waals surface area contributed by atoms with Crippen LogP contribution in [0.4, 0.5) is 0 Å². The molecule has 0 aliphatic carbocycles. The maximum atomic E-state index is 4.69. The van der Waals surface area contributed by atoms with E-state index in [1.807, 2.05) is 36.4 Å². The summed E-state index contributed by atoms with van der Waals surface area (Å²) in [6, 6.07) is 13.8. The summed E-state index contributed by atoms with van der Waals surface area (Å²) in [5.41, 5.74) is 6.86. The third-order valence-electron chi connectivity index (χ3n) is 5.01. The van der Waals surface area contributed by atoms with Gasteiger partial charge in [-0.2, -0.15) is 5.10 Å². The van der Waals surface area contributed by atoms with Crippen LogP contribution in [0.15, 0.2) is 73.6 Å². The number of benzene rings is 1. The minimum atomic E-state index is 0.622. The van der Waals surface area contributed by atoms with Crippen LogP contribution >= 0.6 is 0 Å². The largest absolute Gasteiger partial charge is 0.335 e. The number of imidazole rings is 1. The Morgan fingerprint density at radius 2 is 1.77 bits per heavy atom. The molecule has 8 nitrogen and oxygen atoms in total. The van der Waals surface area contributed by atoms with E-state index in [1.165, 1.54) is 6.33 Å². The van der Waals surface area contributed by atoms with Gasteiger partial charge in [0.15, 0.2) is 11.5 Å². The fourth-order valence-corrected chi connectivity index (χ4v) is 3.58. The first kappa shape index (κ1) is 16.5. The summed E-state index contributed by atoms with van der Waals surface area (Å²) >= 11 is 0. The number of rotatable bonds is 3. The van der Waals surface area contributed by atoms with E-state index in [1.54, 1.807) is 24.8 Å². The van der Waals surface area contributed by atoms with E-state index in [0.717, 1.165) is 44.5 Å². The van der Waals surface area contributed by atoms with Gasteiger partial charge in [0.2, 0.25) is 0 Å². The summed E-state index contributed by atoms with van der Waals surface area (Å²) in [4.78, 5) is 25.2. The molecule has 30 heavy (non-hydrogen) atoms. The second kappa shape index (κ2) is 6.56. The van der Waals surface area contributed by atoms with Crippen LogP contribution < -0.4 is 0 Å². The fraction of sp³-hybridized carbons (Fsp3) is 0. The molecule has 0 saturated heterocycles. The summed E-state index contributed by atoms with van der Waals surface area (Å²) in [6.07, 6.45) is 8.62. The Morgan fingerprint density at radius 3 is 2.63 bits per heavy atom. The monoisotopic (exact) mass is 390 g/mol. The maximum Gasteiger partial charge on any atom is 0.178 e.